The molecule has 1 saturated heterocycles. The molecule has 3 nitrogen and oxygen atoms in total. The Hall–Kier alpha value is -1.13. The van der Waals surface area contributed by atoms with E-state index < -0.39 is 0 Å². The predicted octanol–water partition coefficient (Wildman–Crippen LogP) is 2.26. The van der Waals surface area contributed by atoms with Gasteiger partial charge < -0.3 is 15.2 Å². The number of ether oxygens (including phenoxy) is 2. The molecule has 0 saturated carbocycles. The van der Waals surface area contributed by atoms with Crippen LogP contribution in [0.2, 0.25) is 0 Å². The van der Waals surface area contributed by atoms with Crippen molar-refractivity contribution >= 4 is 0 Å². The maximum Gasteiger partial charge on any atom is 0.123 e. The summed E-state index contributed by atoms with van der Waals surface area (Å²) in [5.41, 5.74) is 6.90. The number of rotatable bonds is 3. The van der Waals surface area contributed by atoms with Gasteiger partial charge >= 0.3 is 0 Å². The summed E-state index contributed by atoms with van der Waals surface area (Å²) in [6.07, 6.45) is 1.13. The second-order valence-corrected chi connectivity index (χ2v) is 4.55. The van der Waals surface area contributed by atoms with Crippen LogP contribution in [0.1, 0.15) is 24.9 Å². The quantitative estimate of drug-likeness (QED) is 0.880. The van der Waals surface area contributed by atoms with Crippen LogP contribution in [0.5, 0.6) is 5.75 Å². The summed E-state index contributed by atoms with van der Waals surface area (Å²) in [5, 5.41) is 0. The highest BCUT2D eigenvalue weighted by Crippen LogP contribution is 2.34. The van der Waals surface area contributed by atoms with Gasteiger partial charge in [-0.15, -0.1) is 0 Å². The molecular weight excluding hydrogens is 221 g/mol. The minimum atomic E-state index is -0.289. The van der Waals surface area contributed by atoms with Crippen LogP contribution in [0.3, 0.4) is 0 Å². The molecule has 0 bridgehead atoms. The van der Waals surface area contributed by atoms with Crippen molar-refractivity contribution in [3.05, 3.63) is 29.6 Å². The monoisotopic (exact) mass is 239 g/mol. The highest BCUT2D eigenvalue weighted by molar-refractivity contribution is 5.36. The largest absolute Gasteiger partial charge is 0.496 e. The molecule has 1 aliphatic heterocycles. The molecule has 1 aromatic carbocycles. The van der Waals surface area contributed by atoms with Gasteiger partial charge in [0, 0.05) is 17.5 Å². The van der Waals surface area contributed by atoms with Crippen LogP contribution < -0.4 is 10.5 Å². The molecule has 2 N–H and O–H groups in total. The summed E-state index contributed by atoms with van der Waals surface area (Å²) in [6, 6.07) is 4.20. The Morgan fingerprint density at radius 3 is 2.88 bits per heavy atom. The molecular formula is C13H18FNO2. The van der Waals surface area contributed by atoms with Crippen molar-refractivity contribution in [2.45, 2.75) is 25.5 Å². The molecule has 0 aliphatic carbocycles. The Kier molecular flexibility index (Phi) is 3.64. The topological polar surface area (TPSA) is 44.5 Å². The SMILES string of the molecule is COc1ccc(F)cc1C(N)C1COC(C)C1. The minimum absolute atomic E-state index is 0.223. The summed E-state index contributed by atoms with van der Waals surface area (Å²) in [6.45, 7) is 2.65. The Morgan fingerprint density at radius 2 is 2.29 bits per heavy atom. The van der Waals surface area contributed by atoms with Crippen molar-refractivity contribution in [2.75, 3.05) is 13.7 Å². The van der Waals surface area contributed by atoms with Gasteiger partial charge in [0.1, 0.15) is 11.6 Å². The van der Waals surface area contributed by atoms with E-state index in [0.717, 1.165) is 12.0 Å². The van der Waals surface area contributed by atoms with Crippen molar-refractivity contribution in [1.82, 2.24) is 0 Å². The van der Waals surface area contributed by atoms with Gasteiger partial charge in [-0.3, -0.25) is 0 Å². The summed E-state index contributed by atoms with van der Waals surface area (Å²) < 4.78 is 24.0. The van der Waals surface area contributed by atoms with Crippen LogP contribution in [0.25, 0.3) is 0 Å². The van der Waals surface area contributed by atoms with Gasteiger partial charge in [0.15, 0.2) is 0 Å². The first-order chi connectivity index (χ1) is 8.11. The van der Waals surface area contributed by atoms with E-state index in [1.54, 1.807) is 13.2 Å². The summed E-state index contributed by atoms with van der Waals surface area (Å²) in [4.78, 5) is 0. The molecule has 94 valence electrons. The number of methoxy groups -OCH3 is 1. The maximum atomic E-state index is 13.3. The predicted molar refractivity (Wildman–Crippen MR) is 63.4 cm³/mol. The molecule has 0 radical (unpaired) electrons. The zero-order valence-corrected chi connectivity index (χ0v) is 10.2. The molecule has 2 rings (SSSR count). The van der Waals surface area contributed by atoms with Gasteiger partial charge in [0.2, 0.25) is 0 Å². The standard InChI is InChI=1S/C13H18FNO2/c1-8-5-9(7-17-8)13(15)11-6-10(14)3-4-12(11)16-2/h3-4,6,8-9,13H,5,7,15H2,1-2H3. The van der Waals surface area contributed by atoms with E-state index in [1.165, 1.54) is 12.1 Å². The van der Waals surface area contributed by atoms with E-state index >= 15 is 0 Å². The molecule has 1 heterocycles. The summed E-state index contributed by atoms with van der Waals surface area (Å²) in [7, 11) is 1.57. The molecule has 0 aromatic heterocycles. The molecule has 3 atom stereocenters. The highest BCUT2D eigenvalue weighted by Gasteiger charge is 2.30. The van der Waals surface area contributed by atoms with Crippen LogP contribution in [0.4, 0.5) is 4.39 Å². The Balaban J connectivity index is 2.23. The molecule has 0 amide bonds. The molecule has 1 aliphatic rings. The first-order valence-corrected chi connectivity index (χ1v) is 5.82. The lowest BCUT2D eigenvalue weighted by molar-refractivity contribution is 0.118. The van der Waals surface area contributed by atoms with Crippen molar-refractivity contribution in [2.24, 2.45) is 11.7 Å². The van der Waals surface area contributed by atoms with Gasteiger partial charge in [-0.05, 0) is 31.5 Å². The van der Waals surface area contributed by atoms with Crippen molar-refractivity contribution < 1.29 is 13.9 Å². The fraction of sp³-hybridized carbons (Fsp3) is 0.538. The molecule has 17 heavy (non-hydrogen) atoms. The van der Waals surface area contributed by atoms with E-state index in [4.69, 9.17) is 15.2 Å². The number of nitrogens with two attached hydrogens (primary N) is 1. The average Bonchev–Trinajstić information content (AvgIpc) is 2.75. The third-order valence-corrected chi connectivity index (χ3v) is 3.29. The maximum absolute atomic E-state index is 13.3. The zero-order valence-electron chi connectivity index (χ0n) is 10.2. The first-order valence-electron chi connectivity index (χ1n) is 5.82. The molecule has 3 unspecified atom stereocenters. The number of benzene rings is 1. The van der Waals surface area contributed by atoms with Gasteiger partial charge in [0.25, 0.3) is 0 Å². The lowest BCUT2D eigenvalue weighted by Crippen LogP contribution is -2.22. The summed E-state index contributed by atoms with van der Waals surface area (Å²) in [5.74, 6) is 0.572. The van der Waals surface area contributed by atoms with Crippen LogP contribution in [-0.2, 0) is 4.74 Å². The van der Waals surface area contributed by atoms with Crippen LogP contribution in [0.15, 0.2) is 18.2 Å². The molecule has 1 aromatic rings. The van der Waals surface area contributed by atoms with E-state index in [2.05, 4.69) is 0 Å². The third-order valence-electron chi connectivity index (χ3n) is 3.29. The van der Waals surface area contributed by atoms with Crippen LogP contribution in [-0.4, -0.2) is 19.8 Å². The average molecular weight is 239 g/mol. The molecule has 1 fully saturated rings. The fourth-order valence-corrected chi connectivity index (χ4v) is 2.32. The van der Waals surface area contributed by atoms with E-state index in [-0.39, 0.29) is 23.9 Å². The Labute approximate surface area is 101 Å². The van der Waals surface area contributed by atoms with E-state index in [1.807, 2.05) is 6.92 Å². The van der Waals surface area contributed by atoms with Crippen molar-refractivity contribution in [3.63, 3.8) is 0 Å². The molecule has 4 heteroatoms. The normalized spacial score (nSPS) is 25.9. The lowest BCUT2D eigenvalue weighted by Gasteiger charge is -2.20. The first kappa shape index (κ1) is 12.3. The lowest BCUT2D eigenvalue weighted by atomic mass is 9.91. The van der Waals surface area contributed by atoms with E-state index in [0.29, 0.717) is 12.4 Å². The second kappa shape index (κ2) is 5.02. The second-order valence-electron chi connectivity index (χ2n) is 4.55. The smallest absolute Gasteiger partial charge is 0.123 e. The number of halogens is 1. The fourth-order valence-electron chi connectivity index (χ4n) is 2.32. The van der Waals surface area contributed by atoms with Gasteiger partial charge in [0.05, 0.1) is 19.8 Å². The summed E-state index contributed by atoms with van der Waals surface area (Å²) >= 11 is 0. The zero-order chi connectivity index (χ0) is 12.4. The Morgan fingerprint density at radius 1 is 1.53 bits per heavy atom. The number of hydrogen-bond acceptors (Lipinski definition) is 3. The van der Waals surface area contributed by atoms with Gasteiger partial charge in [-0.25, -0.2) is 4.39 Å². The Bertz CT molecular complexity index is 397. The van der Waals surface area contributed by atoms with Crippen LogP contribution in [0, 0.1) is 11.7 Å². The minimum Gasteiger partial charge on any atom is -0.496 e. The van der Waals surface area contributed by atoms with Gasteiger partial charge in [-0.2, -0.15) is 0 Å². The third kappa shape index (κ3) is 2.58. The number of hydrogen-bond donors (Lipinski definition) is 1. The highest BCUT2D eigenvalue weighted by atomic mass is 19.1. The molecule has 0 spiro atoms. The van der Waals surface area contributed by atoms with Crippen molar-refractivity contribution in [1.29, 1.82) is 0 Å². The van der Waals surface area contributed by atoms with Crippen molar-refractivity contribution in [3.8, 4) is 5.75 Å². The van der Waals surface area contributed by atoms with Crippen LogP contribution >= 0.6 is 0 Å². The van der Waals surface area contributed by atoms with Gasteiger partial charge in [-0.1, -0.05) is 0 Å². The van der Waals surface area contributed by atoms with E-state index in [9.17, 15) is 4.39 Å².